The lowest BCUT2D eigenvalue weighted by atomic mass is 9.75. The first-order valence-corrected chi connectivity index (χ1v) is 12.8. The van der Waals surface area contributed by atoms with Crippen molar-refractivity contribution in [2.24, 2.45) is 0 Å². The number of hydrogen-bond acceptors (Lipinski definition) is 8. The van der Waals surface area contributed by atoms with Crippen LogP contribution in [0.2, 0.25) is 0 Å². The monoisotopic (exact) mass is 525 g/mol. The molecule has 3 heterocycles. The molecule has 13 nitrogen and oxygen atoms in total. The second kappa shape index (κ2) is 9.03. The van der Waals surface area contributed by atoms with Gasteiger partial charge in [0.1, 0.15) is 24.0 Å². The molecule has 0 saturated carbocycles. The van der Waals surface area contributed by atoms with Gasteiger partial charge in [-0.05, 0) is 31.0 Å². The van der Waals surface area contributed by atoms with Crippen LogP contribution in [0.1, 0.15) is 37.0 Å². The molecule has 36 heavy (non-hydrogen) atoms. The van der Waals surface area contributed by atoms with Crippen LogP contribution in [0.15, 0.2) is 15.7 Å². The Morgan fingerprint density at radius 2 is 1.81 bits per heavy atom. The van der Waals surface area contributed by atoms with Crippen molar-refractivity contribution >= 4 is 36.9 Å². The fraction of sp³-hybridized carbons (Fsp3) is 0.500. The largest absolute Gasteiger partial charge is 0.469 e. The van der Waals surface area contributed by atoms with Gasteiger partial charge < -0.3 is 30.0 Å². The molecular weight excluding hydrogens is 495 g/mol. The molecule has 2 aliphatic heterocycles. The molecular formula is C22H30N4O9P+. The van der Waals surface area contributed by atoms with E-state index in [2.05, 4.69) is 28.3 Å². The number of aryl methyl sites for hydroxylation is 1. The van der Waals surface area contributed by atoms with E-state index in [1.54, 1.807) is 4.58 Å². The number of benzene rings is 1. The molecule has 3 atom stereocenters. The lowest BCUT2D eigenvalue weighted by Gasteiger charge is -2.38. The molecule has 2 aliphatic rings. The summed E-state index contributed by atoms with van der Waals surface area (Å²) in [7, 11) is -4.91. The van der Waals surface area contributed by atoms with Gasteiger partial charge in [-0.1, -0.05) is 13.8 Å². The van der Waals surface area contributed by atoms with Gasteiger partial charge in [0.25, 0.3) is 0 Å². The minimum atomic E-state index is -4.91. The molecule has 1 aromatic carbocycles. The molecule has 0 radical (unpaired) electrons. The van der Waals surface area contributed by atoms with Gasteiger partial charge in [-0.15, -0.1) is 0 Å². The number of nitrogens with zero attached hydrogens (tertiary/aromatic N) is 2. The van der Waals surface area contributed by atoms with Crippen LogP contribution in [-0.2, 0) is 14.5 Å². The molecule has 0 unspecified atom stereocenters. The number of rotatable bonds is 7. The van der Waals surface area contributed by atoms with Crippen LogP contribution in [-0.4, -0.2) is 72.8 Å². The highest BCUT2D eigenvalue weighted by molar-refractivity contribution is 7.46. The van der Waals surface area contributed by atoms with E-state index in [0.29, 0.717) is 17.8 Å². The van der Waals surface area contributed by atoms with E-state index in [-0.39, 0.29) is 23.5 Å². The Labute approximate surface area is 205 Å². The van der Waals surface area contributed by atoms with Gasteiger partial charge in [0.15, 0.2) is 12.0 Å². The average molecular weight is 525 g/mol. The number of fused-ring (bicyclic) bond motifs is 2. The Hall–Kier alpha value is -2.64. The maximum atomic E-state index is 13.0. The summed E-state index contributed by atoms with van der Waals surface area (Å²) in [6, 6.07) is 1.85. The molecule has 4 rings (SSSR count). The van der Waals surface area contributed by atoms with E-state index in [1.165, 1.54) is 4.90 Å². The average Bonchev–Trinajstić information content (AvgIpc) is 2.76. The Balaban J connectivity index is 1.84. The number of anilines is 2. The molecule has 7 N–H and O–H groups in total. The van der Waals surface area contributed by atoms with Crippen molar-refractivity contribution in [3.63, 3.8) is 0 Å². The summed E-state index contributed by atoms with van der Waals surface area (Å²) in [4.78, 5) is 49.2. The lowest BCUT2D eigenvalue weighted by molar-refractivity contribution is -0.0717. The Kier molecular flexibility index (Phi) is 6.63. The smallest absolute Gasteiger partial charge is 0.388 e. The van der Waals surface area contributed by atoms with Crippen LogP contribution in [0.25, 0.3) is 0 Å². The van der Waals surface area contributed by atoms with Crippen LogP contribution in [0.3, 0.4) is 0 Å². The number of β-amino-alcohol motifs (C(OH)–C–C–N with tert-alkyl or cyclic N) is 1. The molecule has 0 aliphatic carbocycles. The number of aromatic amines is 2. The van der Waals surface area contributed by atoms with Crippen molar-refractivity contribution < 1.29 is 34.2 Å². The maximum Gasteiger partial charge on any atom is 0.469 e. The van der Waals surface area contributed by atoms with Gasteiger partial charge in [-0.3, -0.25) is 19.3 Å². The Morgan fingerprint density at radius 3 is 2.44 bits per heavy atom. The molecule has 14 heteroatoms. The van der Waals surface area contributed by atoms with E-state index < -0.39 is 44.0 Å². The van der Waals surface area contributed by atoms with Gasteiger partial charge >= 0.3 is 24.8 Å². The number of aliphatic hydroxyl groups excluding tert-OH is 3. The quantitative estimate of drug-likeness (QED) is 0.189. The fourth-order valence-corrected chi connectivity index (χ4v) is 5.25. The zero-order valence-electron chi connectivity index (χ0n) is 20.2. The van der Waals surface area contributed by atoms with Gasteiger partial charge in [0.2, 0.25) is 5.69 Å². The third-order valence-corrected chi connectivity index (χ3v) is 7.26. The summed E-state index contributed by atoms with van der Waals surface area (Å²) in [5, 5.41) is 31.4. The van der Waals surface area contributed by atoms with E-state index in [9.17, 15) is 29.5 Å². The van der Waals surface area contributed by atoms with Crippen LogP contribution >= 0.6 is 7.82 Å². The summed E-state index contributed by atoms with van der Waals surface area (Å²) in [6.45, 7) is 6.78. The molecule has 1 aromatic heterocycles. The third kappa shape index (κ3) is 4.59. The lowest BCUT2D eigenvalue weighted by Crippen LogP contribution is -2.47. The highest BCUT2D eigenvalue weighted by Gasteiger charge is 2.46. The zero-order valence-corrected chi connectivity index (χ0v) is 21.1. The van der Waals surface area contributed by atoms with Crippen molar-refractivity contribution in [2.45, 2.75) is 57.8 Å². The minimum Gasteiger partial charge on any atom is -0.388 e. The molecule has 0 spiro atoms. The van der Waals surface area contributed by atoms with E-state index in [4.69, 9.17) is 9.79 Å². The maximum absolute atomic E-state index is 13.0. The minimum absolute atomic E-state index is 0.0913. The highest BCUT2D eigenvalue weighted by Crippen LogP contribution is 2.51. The number of hydrogen-bond donors (Lipinski definition) is 7. The summed E-state index contributed by atoms with van der Waals surface area (Å²) in [5.41, 5.74) is 2.66. The van der Waals surface area contributed by atoms with E-state index in [0.717, 1.165) is 16.7 Å². The van der Waals surface area contributed by atoms with Crippen molar-refractivity contribution in [1.82, 2.24) is 14.5 Å². The predicted molar refractivity (Wildman–Crippen MR) is 132 cm³/mol. The number of nitrogens with one attached hydrogen (secondary N) is 2. The molecule has 2 aromatic rings. The van der Waals surface area contributed by atoms with Crippen molar-refractivity contribution in [3.05, 3.63) is 43.6 Å². The first-order chi connectivity index (χ1) is 16.6. The molecule has 0 amide bonds. The second-order valence-corrected chi connectivity index (χ2v) is 11.1. The van der Waals surface area contributed by atoms with E-state index >= 15 is 0 Å². The number of phosphoric ester groups is 1. The number of H-pyrrole nitrogens is 2. The van der Waals surface area contributed by atoms with Gasteiger partial charge in [-0.25, -0.2) is 9.36 Å². The normalized spacial score (nSPS) is 18.7. The third-order valence-electron chi connectivity index (χ3n) is 6.77. The molecule has 0 saturated heterocycles. The summed E-state index contributed by atoms with van der Waals surface area (Å²) >= 11 is 0. The van der Waals surface area contributed by atoms with Crippen LogP contribution in [0.5, 0.6) is 0 Å². The van der Waals surface area contributed by atoms with Gasteiger partial charge in [-0.2, -0.15) is 4.58 Å². The fourth-order valence-electron chi connectivity index (χ4n) is 4.90. The summed E-state index contributed by atoms with van der Waals surface area (Å²) in [6.07, 6.45) is -2.86. The van der Waals surface area contributed by atoms with Crippen LogP contribution in [0, 0.1) is 13.8 Å². The number of aliphatic hydroxyl groups is 3. The second-order valence-electron chi connectivity index (χ2n) is 9.83. The standard InChI is InChI=1S/C22H29N4O9P/c1-10-7-12-16-15(11(10)2)22(3,4)5-6-25(16)17-19(23-21(31)24-20(17)30)26(12)8-13(27)18(29)14(28)9-35-36(32,33)34/h6-7,13-14,18,27-29H,5,8-9H2,1-4H3,(H3-,23,24,30,31,32,33,34)/p+1/t13-,14+,18+/m0/s1. The Bertz CT molecular complexity index is 1410. The summed E-state index contributed by atoms with van der Waals surface area (Å²) in [5.74, 6) is 0.0913. The van der Waals surface area contributed by atoms with Crippen LogP contribution in [0.4, 0.5) is 22.9 Å². The topological polar surface area (TPSA) is 199 Å². The SMILES string of the molecule is Cc1cc2c3c(c1C)C(C)(C)CC=[N+]3c1c([nH]c(=O)[nH]c1=O)N2C[C@H](O)[C@@H](O)[C@H](O)COP(=O)(O)O. The first kappa shape index (κ1) is 26.4. The van der Waals surface area contributed by atoms with Gasteiger partial charge in [0.05, 0.1) is 13.2 Å². The number of phosphoric acid groups is 1. The predicted octanol–water partition coefficient (Wildman–Crippen LogP) is -0.0897. The molecule has 0 fully saturated rings. The van der Waals surface area contributed by atoms with Crippen LogP contribution < -0.4 is 20.7 Å². The first-order valence-electron chi connectivity index (χ1n) is 11.3. The number of aromatic nitrogens is 2. The highest BCUT2D eigenvalue weighted by atomic mass is 31.2. The summed E-state index contributed by atoms with van der Waals surface area (Å²) < 4.78 is 16.9. The zero-order chi connectivity index (χ0) is 26.7. The molecule has 0 bridgehead atoms. The van der Waals surface area contributed by atoms with Crippen molar-refractivity contribution in [3.8, 4) is 0 Å². The van der Waals surface area contributed by atoms with E-state index in [1.807, 2.05) is 26.1 Å². The van der Waals surface area contributed by atoms with Crippen molar-refractivity contribution in [2.75, 3.05) is 18.1 Å². The molecule has 196 valence electrons. The van der Waals surface area contributed by atoms with Crippen molar-refractivity contribution in [1.29, 1.82) is 0 Å². The van der Waals surface area contributed by atoms with Gasteiger partial charge in [0, 0.05) is 17.4 Å². The Morgan fingerprint density at radius 1 is 1.14 bits per heavy atom.